The van der Waals surface area contributed by atoms with E-state index >= 15 is 0 Å². The average molecular weight is 349 g/mol. The molecule has 0 heterocycles. The molecule has 3 nitrogen and oxygen atoms in total. The van der Waals surface area contributed by atoms with Gasteiger partial charge < -0.3 is 10.1 Å². The third-order valence-electron chi connectivity index (χ3n) is 2.72. The van der Waals surface area contributed by atoms with E-state index in [1.54, 1.807) is 24.3 Å². The number of amides is 1. The van der Waals surface area contributed by atoms with E-state index in [9.17, 15) is 4.79 Å². The maximum Gasteiger partial charge on any atom is 0.257 e. The van der Waals surface area contributed by atoms with Gasteiger partial charge in [-0.25, -0.2) is 0 Å². The van der Waals surface area contributed by atoms with Gasteiger partial charge in [-0.15, -0.1) is 0 Å². The maximum atomic E-state index is 11.7. The topological polar surface area (TPSA) is 38.3 Å². The number of benzene rings is 1. The Morgan fingerprint density at radius 1 is 1.37 bits per heavy atom. The van der Waals surface area contributed by atoms with Crippen LogP contribution < -0.4 is 10.1 Å². The van der Waals surface area contributed by atoms with Gasteiger partial charge in [-0.1, -0.05) is 41.4 Å². The fraction of sp³-hybridized carbons (Fsp3) is 0.500. The summed E-state index contributed by atoms with van der Waals surface area (Å²) in [7, 11) is 0. The van der Waals surface area contributed by atoms with Gasteiger partial charge in [0.25, 0.3) is 5.91 Å². The summed E-state index contributed by atoms with van der Waals surface area (Å²) in [5.41, 5.74) is 0.0828. The van der Waals surface area contributed by atoms with Crippen LogP contribution in [0.4, 0.5) is 0 Å². The number of hydrogen-bond donors (Lipinski definition) is 1. The number of halogens is 2. The molecule has 0 aliphatic carbocycles. The molecular formula is C14H19BrClNO2. The Morgan fingerprint density at radius 3 is 2.58 bits per heavy atom. The highest BCUT2D eigenvalue weighted by atomic mass is 79.9. The summed E-state index contributed by atoms with van der Waals surface area (Å²) < 4.78 is 5.37. The van der Waals surface area contributed by atoms with E-state index in [0.29, 0.717) is 17.3 Å². The molecular weight excluding hydrogens is 330 g/mol. The van der Waals surface area contributed by atoms with Crippen molar-refractivity contribution in [3.8, 4) is 5.75 Å². The normalized spacial score (nSPS) is 11.2. The minimum atomic E-state index is -0.113. The van der Waals surface area contributed by atoms with Crippen LogP contribution in [0.3, 0.4) is 0 Å². The van der Waals surface area contributed by atoms with E-state index in [-0.39, 0.29) is 17.9 Å². The largest absolute Gasteiger partial charge is 0.484 e. The molecule has 1 N–H and O–H groups in total. The molecule has 0 aromatic heterocycles. The first-order valence-corrected chi connectivity index (χ1v) is 7.64. The van der Waals surface area contributed by atoms with Gasteiger partial charge in [-0.3, -0.25) is 4.79 Å². The van der Waals surface area contributed by atoms with E-state index in [4.69, 9.17) is 16.3 Å². The van der Waals surface area contributed by atoms with Crippen molar-refractivity contribution in [2.75, 3.05) is 18.5 Å². The Hall–Kier alpha value is -0.740. The van der Waals surface area contributed by atoms with Crippen LogP contribution in [0.2, 0.25) is 5.02 Å². The Labute approximate surface area is 127 Å². The highest BCUT2D eigenvalue weighted by molar-refractivity contribution is 9.09. The number of ether oxygens (including phenoxy) is 1. The van der Waals surface area contributed by atoms with Crippen molar-refractivity contribution in [1.29, 1.82) is 0 Å². The number of rotatable bonds is 7. The zero-order chi connectivity index (χ0) is 14.3. The molecule has 0 unspecified atom stereocenters. The lowest BCUT2D eigenvalue weighted by Gasteiger charge is -2.23. The lowest BCUT2D eigenvalue weighted by molar-refractivity contribution is -0.123. The molecule has 1 aromatic carbocycles. The Balaban J connectivity index is 2.30. The molecule has 106 valence electrons. The van der Waals surface area contributed by atoms with Crippen LogP contribution >= 0.6 is 27.5 Å². The smallest absolute Gasteiger partial charge is 0.257 e. The average Bonchev–Trinajstić information content (AvgIpc) is 2.36. The van der Waals surface area contributed by atoms with Crippen molar-refractivity contribution >= 4 is 33.4 Å². The Kier molecular flexibility index (Phi) is 6.66. The standard InChI is InChI=1S/C14H19BrClNO2/c1-14(2,7-8-15)10-17-13(18)9-19-12-5-3-11(16)4-6-12/h3-6H,7-10H2,1-2H3,(H,17,18). The molecule has 0 saturated carbocycles. The molecule has 0 bridgehead atoms. The van der Waals surface area contributed by atoms with Gasteiger partial charge in [0, 0.05) is 16.9 Å². The van der Waals surface area contributed by atoms with Gasteiger partial charge >= 0.3 is 0 Å². The number of carbonyl (C=O) groups excluding carboxylic acids is 1. The fourth-order valence-electron chi connectivity index (χ4n) is 1.41. The van der Waals surface area contributed by atoms with E-state index in [1.807, 2.05) is 0 Å². The summed E-state index contributed by atoms with van der Waals surface area (Å²) in [5, 5.41) is 4.45. The first-order chi connectivity index (χ1) is 8.93. The summed E-state index contributed by atoms with van der Waals surface area (Å²) in [6.07, 6.45) is 1.01. The Morgan fingerprint density at radius 2 is 2.00 bits per heavy atom. The van der Waals surface area contributed by atoms with Gasteiger partial charge in [-0.2, -0.15) is 0 Å². The molecule has 0 spiro atoms. The van der Waals surface area contributed by atoms with E-state index < -0.39 is 0 Å². The van der Waals surface area contributed by atoms with Gasteiger partial charge in [0.1, 0.15) is 5.75 Å². The molecule has 0 aliphatic rings. The van der Waals surface area contributed by atoms with Crippen molar-refractivity contribution in [3.05, 3.63) is 29.3 Å². The summed E-state index contributed by atoms with van der Waals surface area (Å²) in [6.45, 7) is 4.90. The predicted octanol–water partition coefficient (Wildman–Crippen LogP) is 3.65. The molecule has 5 heteroatoms. The van der Waals surface area contributed by atoms with Gasteiger partial charge in [0.2, 0.25) is 0 Å². The molecule has 0 saturated heterocycles. The minimum absolute atomic E-state index is 0.0199. The van der Waals surface area contributed by atoms with Crippen LogP contribution in [0.1, 0.15) is 20.3 Å². The van der Waals surface area contributed by atoms with Crippen LogP contribution in [0.25, 0.3) is 0 Å². The van der Waals surface area contributed by atoms with E-state index in [1.165, 1.54) is 0 Å². The highest BCUT2D eigenvalue weighted by Gasteiger charge is 2.17. The first-order valence-electron chi connectivity index (χ1n) is 6.14. The van der Waals surface area contributed by atoms with Gasteiger partial charge in [-0.05, 0) is 36.1 Å². The van der Waals surface area contributed by atoms with Crippen molar-refractivity contribution in [3.63, 3.8) is 0 Å². The van der Waals surface area contributed by atoms with Crippen molar-refractivity contribution in [2.45, 2.75) is 20.3 Å². The maximum absolute atomic E-state index is 11.7. The summed E-state index contributed by atoms with van der Waals surface area (Å²) in [6, 6.07) is 6.94. The van der Waals surface area contributed by atoms with Crippen LogP contribution in [-0.4, -0.2) is 24.4 Å². The summed E-state index contributed by atoms with van der Waals surface area (Å²) in [4.78, 5) is 11.7. The lowest BCUT2D eigenvalue weighted by Crippen LogP contribution is -2.36. The van der Waals surface area contributed by atoms with Crippen molar-refractivity contribution < 1.29 is 9.53 Å². The molecule has 1 amide bonds. The monoisotopic (exact) mass is 347 g/mol. The number of nitrogens with one attached hydrogen (secondary N) is 1. The quantitative estimate of drug-likeness (QED) is 0.764. The molecule has 0 atom stereocenters. The molecule has 1 rings (SSSR count). The summed E-state index contributed by atoms with van der Waals surface area (Å²) >= 11 is 9.18. The van der Waals surface area contributed by atoms with Gasteiger partial charge in [0.15, 0.2) is 6.61 Å². The van der Waals surface area contributed by atoms with Crippen LogP contribution in [0.5, 0.6) is 5.75 Å². The predicted molar refractivity (Wildman–Crippen MR) is 82.1 cm³/mol. The molecule has 0 fully saturated rings. The second-order valence-corrected chi connectivity index (χ2v) is 6.35. The molecule has 0 radical (unpaired) electrons. The third kappa shape index (κ3) is 6.83. The SMILES string of the molecule is CC(C)(CCBr)CNC(=O)COc1ccc(Cl)cc1. The van der Waals surface area contributed by atoms with E-state index in [2.05, 4.69) is 35.1 Å². The van der Waals surface area contributed by atoms with E-state index in [0.717, 1.165) is 11.8 Å². The zero-order valence-electron chi connectivity index (χ0n) is 11.2. The molecule has 19 heavy (non-hydrogen) atoms. The number of alkyl halides is 1. The zero-order valence-corrected chi connectivity index (χ0v) is 13.6. The number of carbonyl (C=O) groups is 1. The van der Waals surface area contributed by atoms with Crippen molar-refractivity contribution in [2.24, 2.45) is 5.41 Å². The number of hydrogen-bond acceptors (Lipinski definition) is 2. The fourth-order valence-corrected chi connectivity index (χ4v) is 2.61. The lowest BCUT2D eigenvalue weighted by atomic mass is 9.90. The van der Waals surface area contributed by atoms with Crippen LogP contribution in [0.15, 0.2) is 24.3 Å². The highest BCUT2D eigenvalue weighted by Crippen LogP contribution is 2.20. The molecule has 0 aliphatic heterocycles. The van der Waals surface area contributed by atoms with Gasteiger partial charge in [0.05, 0.1) is 0 Å². The summed E-state index contributed by atoms with van der Waals surface area (Å²) in [5.74, 6) is 0.525. The Bertz CT molecular complexity index is 406. The second kappa shape index (κ2) is 7.75. The minimum Gasteiger partial charge on any atom is -0.484 e. The second-order valence-electron chi connectivity index (χ2n) is 5.12. The molecule has 1 aromatic rings. The third-order valence-corrected chi connectivity index (χ3v) is 3.37. The van der Waals surface area contributed by atoms with Crippen LogP contribution in [-0.2, 0) is 4.79 Å². The van der Waals surface area contributed by atoms with Crippen molar-refractivity contribution in [1.82, 2.24) is 5.32 Å². The van der Waals surface area contributed by atoms with Crippen LogP contribution in [0, 0.1) is 5.41 Å². The first kappa shape index (κ1) is 16.3.